The number of pyridine rings is 1. The van der Waals surface area contributed by atoms with Crippen molar-refractivity contribution in [3.8, 4) is 5.75 Å². The number of nitrogens with one attached hydrogen (secondary N) is 1. The van der Waals surface area contributed by atoms with Crippen LogP contribution in [0.15, 0.2) is 48.8 Å². The van der Waals surface area contributed by atoms with E-state index in [1.54, 1.807) is 25.4 Å². The van der Waals surface area contributed by atoms with Crippen LogP contribution in [0, 0.1) is 5.82 Å². The number of hydrogen-bond acceptors (Lipinski definition) is 3. The number of benzene rings is 1. The first-order valence-electron chi connectivity index (χ1n) is 6.24. The number of ether oxygens (including phenoxy) is 1. The van der Waals surface area contributed by atoms with E-state index in [2.05, 4.69) is 10.3 Å². The Balaban J connectivity index is 1.84. The molecule has 0 saturated carbocycles. The molecule has 0 aliphatic rings. The number of hydrogen-bond donors (Lipinski definition) is 1. The number of carbonyl (C=O) groups is 1. The number of rotatable bonds is 5. The highest BCUT2D eigenvalue weighted by atomic mass is 19.1. The van der Waals surface area contributed by atoms with Gasteiger partial charge in [-0.1, -0.05) is 6.07 Å². The van der Waals surface area contributed by atoms with E-state index in [9.17, 15) is 9.18 Å². The fourth-order valence-electron chi connectivity index (χ4n) is 1.61. The lowest BCUT2D eigenvalue weighted by Crippen LogP contribution is -2.35. The molecule has 1 aromatic carbocycles. The van der Waals surface area contributed by atoms with Gasteiger partial charge in [0.05, 0.1) is 0 Å². The van der Waals surface area contributed by atoms with Crippen molar-refractivity contribution in [3.05, 3.63) is 60.2 Å². The molecular weight excluding hydrogens is 259 g/mol. The second-order valence-electron chi connectivity index (χ2n) is 4.29. The summed E-state index contributed by atoms with van der Waals surface area (Å²) in [5.74, 6) is -0.125. The Bertz CT molecular complexity index is 558. The second kappa shape index (κ2) is 6.65. The molecule has 0 saturated heterocycles. The minimum absolute atomic E-state index is 0.238. The van der Waals surface area contributed by atoms with Gasteiger partial charge in [-0.25, -0.2) is 4.39 Å². The van der Waals surface area contributed by atoms with Crippen LogP contribution in [-0.4, -0.2) is 17.0 Å². The standard InChI is InChI=1S/C15H15FN2O2/c1-11(20-14-6-4-13(16)5-7-14)15(19)18-10-12-3-2-8-17-9-12/h2-9,11H,10H2,1H3,(H,18,19)/t11-/m0/s1. The summed E-state index contributed by atoms with van der Waals surface area (Å²) in [4.78, 5) is 15.8. The Kier molecular flexibility index (Phi) is 4.65. The average molecular weight is 274 g/mol. The quantitative estimate of drug-likeness (QED) is 0.910. The molecule has 0 aliphatic carbocycles. The van der Waals surface area contributed by atoms with E-state index in [0.717, 1.165) is 5.56 Å². The van der Waals surface area contributed by atoms with Crippen LogP contribution < -0.4 is 10.1 Å². The predicted molar refractivity (Wildman–Crippen MR) is 72.6 cm³/mol. The summed E-state index contributed by atoms with van der Waals surface area (Å²) in [5, 5.41) is 2.75. The Labute approximate surface area is 116 Å². The Morgan fingerprint density at radius 1 is 1.35 bits per heavy atom. The molecule has 2 aromatic rings. The Hall–Kier alpha value is -2.43. The van der Waals surface area contributed by atoms with Gasteiger partial charge in [0.2, 0.25) is 0 Å². The molecule has 0 bridgehead atoms. The van der Waals surface area contributed by atoms with E-state index < -0.39 is 6.10 Å². The van der Waals surface area contributed by atoms with Crippen molar-refractivity contribution in [2.24, 2.45) is 0 Å². The Morgan fingerprint density at radius 2 is 2.10 bits per heavy atom. The number of amides is 1. The van der Waals surface area contributed by atoms with E-state index >= 15 is 0 Å². The molecule has 0 spiro atoms. The van der Waals surface area contributed by atoms with Crippen LogP contribution in [0.4, 0.5) is 4.39 Å². The molecule has 20 heavy (non-hydrogen) atoms. The molecule has 5 heteroatoms. The van der Waals surface area contributed by atoms with Crippen molar-refractivity contribution in [1.29, 1.82) is 0 Å². The van der Waals surface area contributed by atoms with Crippen molar-refractivity contribution in [1.82, 2.24) is 10.3 Å². The topological polar surface area (TPSA) is 51.2 Å². The van der Waals surface area contributed by atoms with Crippen molar-refractivity contribution < 1.29 is 13.9 Å². The van der Waals surface area contributed by atoms with E-state index in [0.29, 0.717) is 12.3 Å². The van der Waals surface area contributed by atoms with Crippen LogP contribution in [0.2, 0.25) is 0 Å². The largest absolute Gasteiger partial charge is 0.481 e. The van der Waals surface area contributed by atoms with Crippen LogP contribution in [0.25, 0.3) is 0 Å². The molecule has 1 atom stereocenters. The maximum Gasteiger partial charge on any atom is 0.261 e. The SMILES string of the molecule is C[C@H](Oc1ccc(F)cc1)C(=O)NCc1cccnc1. The van der Waals surface area contributed by atoms with E-state index in [1.807, 2.05) is 6.07 Å². The number of halogens is 1. The lowest BCUT2D eigenvalue weighted by Gasteiger charge is -2.14. The summed E-state index contributed by atoms with van der Waals surface area (Å²) >= 11 is 0. The highest BCUT2D eigenvalue weighted by Gasteiger charge is 2.14. The predicted octanol–water partition coefficient (Wildman–Crippen LogP) is 2.30. The van der Waals surface area contributed by atoms with Gasteiger partial charge in [-0.2, -0.15) is 0 Å². The lowest BCUT2D eigenvalue weighted by atomic mass is 10.2. The summed E-state index contributed by atoms with van der Waals surface area (Å²) in [6.45, 7) is 2.03. The molecular formula is C15H15FN2O2. The molecule has 0 radical (unpaired) electrons. The zero-order valence-electron chi connectivity index (χ0n) is 11.0. The molecule has 2 rings (SSSR count). The third kappa shape index (κ3) is 4.05. The molecule has 1 N–H and O–H groups in total. The van der Waals surface area contributed by atoms with Crippen LogP contribution in [0.3, 0.4) is 0 Å². The Morgan fingerprint density at radius 3 is 2.75 bits per heavy atom. The smallest absolute Gasteiger partial charge is 0.261 e. The molecule has 1 heterocycles. The van der Waals surface area contributed by atoms with Crippen LogP contribution in [-0.2, 0) is 11.3 Å². The molecule has 0 aliphatic heterocycles. The minimum atomic E-state index is -0.655. The number of nitrogens with zero attached hydrogens (tertiary/aromatic N) is 1. The van der Waals surface area contributed by atoms with Gasteiger partial charge < -0.3 is 10.1 Å². The van der Waals surface area contributed by atoms with E-state index in [4.69, 9.17) is 4.74 Å². The van der Waals surface area contributed by atoms with Gasteiger partial charge in [-0.05, 0) is 42.8 Å². The highest BCUT2D eigenvalue weighted by Crippen LogP contribution is 2.13. The number of carbonyl (C=O) groups excluding carboxylic acids is 1. The molecule has 0 fully saturated rings. The molecule has 4 nitrogen and oxygen atoms in total. The van der Waals surface area contributed by atoms with Crippen LogP contribution in [0.1, 0.15) is 12.5 Å². The zero-order valence-corrected chi connectivity index (χ0v) is 11.0. The third-order valence-corrected chi connectivity index (χ3v) is 2.69. The van der Waals surface area contributed by atoms with Gasteiger partial charge in [-0.15, -0.1) is 0 Å². The first-order valence-corrected chi connectivity index (χ1v) is 6.24. The summed E-state index contributed by atoms with van der Waals surface area (Å²) in [6.07, 6.45) is 2.70. The first-order chi connectivity index (χ1) is 9.65. The second-order valence-corrected chi connectivity index (χ2v) is 4.29. The average Bonchev–Trinajstić information content (AvgIpc) is 2.48. The van der Waals surface area contributed by atoms with Gasteiger partial charge in [0, 0.05) is 18.9 Å². The fourth-order valence-corrected chi connectivity index (χ4v) is 1.61. The molecule has 1 amide bonds. The van der Waals surface area contributed by atoms with Gasteiger partial charge in [0.1, 0.15) is 11.6 Å². The monoisotopic (exact) mass is 274 g/mol. The van der Waals surface area contributed by atoms with Crippen molar-refractivity contribution in [3.63, 3.8) is 0 Å². The van der Waals surface area contributed by atoms with Crippen molar-refractivity contribution >= 4 is 5.91 Å². The maximum absolute atomic E-state index is 12.8. The normalized spacial score (nSPS) is 11.7. The van der Waals surface area contributed by atoms with Gasteiger partial charge >= 0.3 is 0 Å². The lowest BCUT2D eigenvalue weighted by molar-refractivity contribution is -0.127. The summed E-state index contributed by atoms with van der Waals surface area (Å²) < 4.78 is 18.2. The van der Waals surface area contributed by atoms with Crippen molar-refractivity contribution in [2.45, 2.75) is 19.6 Å². The van der Waals surface area contributed by atoms with E-state index in [-0.39, 0.29) is 11.7 Å². The van der Waals surface area contributed by atoms with E-state index in [1.165, 1.54) is 24.3 Å². The highest BCUT2D eigenvalue weighted by molar-refractivity contribution is 5.80. The van der Waals surface area contributed by atoms with Gasteiger partial charge in [0.25, 0.3) is 5.91 Å². The minimum Gasteiger partial charge on any atom is -0.481 e. The van der Waals surface area contributed by atoms with Gasteiger partial charge in [-0.3, -0.25) is 9.78 Å². The summed E-state index contributed by atoms with van der Waals surface area (Å²) in [7, 11) is 0. The zero-order chi connectivity index (χ0) is 14.4. The summed E-state index contributed by atoms with van der Waals surface area (Å²) in [6, 6.07) is 9.23. The molecule has 0 unspecified atom stereocenters. The number of aromatic nitrogens is 1. The maximum atomic E-state index is 12.8. The summed E-state index contributed by atoms with van der Waals surface area (Å²) in [5.41, 5.74) is 0.912. The molecule has 1 aromatic heterocycles. The molecule has 104 valence electrons. The fraction of sp³-hybridized carbons (Fsp3) is 0.200. The van der Waals surface area contributed by atoms with Crippen LogP contribution >= 0.6 is 0 Å². The van der Waals surface area contributed by atoms with Crippen LogP contribution in [0.5, 0.6) is 5.75 Å². The first kappa shape index (κ1) is 14.0. The van der Waals surface area contributed by atoms with Gasteiger partial charge in [0.15, 0.2) is 6.10 Å². The van der Waals surface area contributed by atoms with Crippen molar-refractivity contribution in [2.75, 3.05) is 0 Å². The third-order valence-electron chi connectivity index (χ3n) is 2.69.